The highest BCUT2D eigenvalue weighted by molar-refractivity contribution is 14.0. The average Bonchev–Trinajstić information content (AvgIpc) is 2.32. The normalized spacial score (nSPS) is 21.6. The van der Waals surface area contributed by atoms with Gasteiger partial charge in [-0.15, -0.1) is 24.0 Å². The molecule has 1 saturated heterocycles. The lowest BCUT2D eigenvalue weighted by Gasteiger charge is -2.39. The van der Waals surface area contributed by atoms with Gasteiger partial charge in [0.1, 0.15) is 0 Å². The first-order valence-electron chi connectivity index (χ1n) is 7.97. The van der Waals surface area contributed by atoms with E-state index < -0.39 is 0 Å². The Morgan fingerprint density at radius 2 is 1.85 bits per heavy atom. The van der Waals surface area contributed by atoms with Crippen molar-refractivity contribution >= 4 is 29.9 Å². The molecule has 1 aliphatic carbocycles. The van der Waals surface area contributed by atoms with E-state index in [-0.39, 0.29) is 24.0 Å². The molecule has 0 spiro atoms. The van der Waals surface area contributed by atoms with Crippen molar-refractivity contribution in [3.8, 4) is 0 Å². The summed E-state index contributed by atoms with van der Waals surface area (Å²) in [5.41, 5.74) is 0. The molecule has 20 heavy (non-hydrogen) atoms. The fourth-order valence-electron chi connectivity index (χ4n) is 2.78. The summed E-state index contributed by atoms with van der Waals surface area (Å²) >= 11 is 0. The molecule has 0 bridgehead atoms. The molecule has 0 unspecified atom stereocenters. The van der Waals surface area contributed by atoms with Crippen LogP contribution < -0.4 is 5.32 Å². The quantitative estimate of drug-likeness (QED) is 0.451. The molecular formula is C15H31IN4. The maximum Gasteiger partial charge on any atom is 0.194 e. The van der Waals surface area contributed by atoms with Crippen LogP contribution in [0.1, 0.15) is 40.0 Å². The third-order valence-electron chi connectivity index (χ3n) is 4.04. The minimum atomic E-state index is 0. The molecule has 0 atom stereocenters. The van der Waals surface area contributed by atoms with Crippen LogP contribution in [-0.4, -0.2) is 61.1 Å². The number of nitrogens with one attached hydrogen (secondary N) is 1. The summed E-state index contributed by atoms with van der Waals surface area (Å²) in [6, 6.07) is 0.680. The first kappa shape index (κ1) is 18.0. The Kier molecular flexibility index (Phi) is 8.17. The van der Waals surface area contributed by atoms with Gasteiger partial charge in [-0.25, -0.2) is 0 Å². The molecule has 0 aromatic heterocycles. The van der Waals surface area contributed by atoms with E-state index in [0.717, 1.165) is 31.5 Å². The Balaban J connectivity index is 0.00000200. The van der Waals surface area contributed by atoms with E-state index in [1.807, 2.05) is 0 Å². The van der Waals surface area contributed by atoms with Crippen LogP contribution in [0.25, 0.3) is 0 Å². The maximum absolute atomic E-state index is 4.67. The second-order valence-electron chi connectivity index (χ2n) is 6.25. The van der Waals surface area contributed by atoms with Gasteiger partial charge in [0.05, 0.1) is 0 Å². The van der Waals surface area contributed by atoms with E-state index in [1.54, 1.807) is 0 Å². The van der Waals surface area contributed by atoms with Gasteiger partial charge in [-0.1, -0.05) is 13.8 Å². The summed E-state index contributed by atoms with van der Waals surface area (Å²) in [5.74, 6) is 1.92. The lowest BCUT2D eigenvalue weighted by Crippen LogP contribution is -2.55. The van der Waals surface area contributed by atoms with Crippen LogP contribution in [0, 0.1) is 5.92 Å². The Labute approximate surface area is 141 Å². The lowest BCUT2D eigenvalue weighted by molar-refractivity contribution is 0.162. The van der Waals surface area contributed by atoms with Gasteiger partial charge in [-0.3, -0.25) is 9.89 Å². The van der Waals surface area contributed by atoms with Crippen molar-refractivity contribution < 1.29 is 0 Å². The van der Waals surface area contributed by atoms with Crippen molar-refractivity contribution in [3.63, 3.8) is 0 Å². The smallest absolute Gasteiger partial charge is 0.194 e. The fourth-order valence-corrected chi connectivity index (χ4v) is 2.78. The number of nitrogens with zero attached hydrogens (tertiary/aromatic N) is 3. The van der Waals surface area contributed by atoms with Crippen LogP contribution in [0.3, 0.4) is 0 Å². The van der Waals surface area contributed by atoms with Crippen molar-refractivity contribution in [1.82, 2.24) is 15.1 Å². The molecule has 1 saturated carbocycles. The molecule has 5 heteroatoms. The second kappa shape index (κ2) is 9.07. The van der Waals surface area contributed by atoms with Crippen LogP contribution in [0.5, 0.6) is 0 Å². The number of guanidine groups is 1. The number of hydrogen-bond acceptors (Lipinski definition) is 2. The Hall–Kier alpha value is -0.0400. The fraction of sp³-hybridized carbons (Fsp3) is 0.933. The van der Waals surface area contributed by atoms with E-state index in [4.69, 9.17) is 0 Å². The summed E-state index contributed by atoms with van der Waals surface area (Å²) in [6.07, 6.45) is 4.01. The van der Waals surface area contributed by atoms with Gasteiger partial charge in [0, 0.05) is 45.3 Å². The molecule has 1 N–H and O–H groups in total. The zero-order valence-electron chi connectivity index (χ0n) is 13.3. The molecule has 0 amide bonds. The van der Waals surface area contributed by atoms with E-state index in [0.29, 0.717) is 6.04 Å². The summed E-state index contributed by atoms with van der Waals surface area (Å²) in [7, 11) is 0. The average molecular weight is 394 g/mol. The summed E-state index contributed by atoms with van der Waals surface area (Å²) in [6.45, 7) is 13.4. The monoisotopic (exact) mass is 394 g/mol. The molecule has 4 nitrogen and oxygen atoms in total. The molecule has 1 heterocycles. The lowest BCUT2D eigenvalue weighted by atomic mass is 9.93. The zero-order chi connectivity index (χ0) is 13.7. The van der Waals surface area contributed by atoms with Crippen molar-refractivity contribution in [2.24, 2.45) is 10.9 Å². The Morgan fingerprint density at radius 3 is 2.30 bits per heavy atom. The van der Waals surface area contributed by atoms with Gasteiger partial charge in [-0.05, 0) is 32.1 Å². The van der Waals surface area contributed by atoms with Crippen molar-refractivity contribution in [2.75, 3.05) is 39.3 Å². The van der Waals surface area contributed by atoms with Crippen molar-refractivity contribution in [1.29, 1.82) is 0 Å². The first-order valence-corrected chi connectivity index (χ1v) is 7.97. The zero-order valence-corrected chi connectivity index (χ0v) is 15.6. The van der Waals surface area contributed by atoms with Crippen LogP contribution in [-0.2, 0) is 0 Å². The topological polar surface area (TPSA) is 30.9 Å². The van der Waals surface area contributed by atoms with Gasteiger partial charge >= 0.3 is 0 Å². The minimum absolute atomic E-state index is 0. The molecule has 118 valence electrons. The van der Waals surface area contributed by atoms with E-state index in [2.05, 4.69) is 40.9 Å². The number of halogens is 1. The van der Waals surface area contributed by atoms with Crippen LogP contribution in [0.4, 0.5) is 0 Å². The minimum Gasteiger partial charge on any atom is -0.354 e. The molecule has 1 aliphatic heterocycles. The molecule has 2 rings (SSSR count). The van der Waals surface area contributed by atoms with Gasteiger partial charge in [0.2, 0.25) is 0 Å². The molecule has 2 fully saturated rings. The number of piperazine rings is 1. The summed E-state index contributed by atoms with van der Waals surface area (Å²) < 4.78 is 0. The molecule has 0 aromatic carbocycles. The van der Waals surface area contributed by atoms with E-state index >= 15 is 0 Å². The molecule has 0 radical (unpaired) electrons. The highest BCUT2D eigenvalue weighted by Gasteiger charge is 2.24. The number of hydrogen-bond donors (Lipinski definition) is 1. The molecule has 0 aromatic rings. The summed E-state index contributed by atoms with van der Waals surface area (Å²) in [5, 5.41) is 3.64. The van der Waals surface area contributed by atoms with Crippen molar-refractivity contribution in [2.45, 2.75) is 46.1 Å². The van der Waals surface area contributed by atoms with E-state index in [9.17, 15) is 0 Å². The highest BCUT2D eigenvalue weighted by Crippen LogP contribution is 2.18. The summed E-state index contributed by atoms with van der Waals surface area (Å²) in [4.78, 5) is 9.69. The van der Waals surface area contributed by atoms with Crippen LogP contribution in [0.15, 0.2) is 4.99 Å². The first-order chi connectivity index (χ1) is 9.19. The van der Waals surface area contributed by atoms with Gasteiger partial charge in [0.25, 0.3) is 0 Å². The third-order valence-corrected chi connectivity index (χ3v) is 4.04. The van der Waals surface area contributed by atoms with Gasteiger partial charge < -0.3 is 10.2 Å². The largest absolute Gasteiger partial charge is 0.354 e. The van der Waals surface area contributed by atoms with Crippen LogP contribution in [0.2, 0.25) is 0 Å². The highest BCUT2D eigenvalue weighted by atomic mass is 127. The van der Waals surface area contributed by atoms with E-state index in [1.165, 1.54) is 38.9 Å². The SMILES string of the molecule is CCN=C(NC1CCC1)N1CCN(CC(C)C)CC1.I. The third kappa shape index (κ3) is 5.39. The predicted molar refractivity (Wildman–Crippen MR) is 97.0 cm³/mol. The van der Waals surface area contributed by atoms with Crippen LogP contribution >= 0.6 is 24.0 Å². The standard InChI is InChI=1S/C15H30N4.HI/c1-4-16-15(17-14-6-5-7-14)19-10-8-18(9-11-19)12-13(2)3;/h13-14H,4-12H2,1-3H3,(H,16,17);1H. The van der Waals surface area contributed by atoms with Crippen molar-refractivity contribution in [3.05, 3.63) is 0 Å². The second-order valence-corrected chi connectivity index (χ2v) is 6.25. The Bertz CT molecular complexity index is 294. The molecular weight excluding hydrogens is 363 g/mol. The van der Waals surface area contributed by atoms with Gasteiger partial charge in [-0.2, -0.15) is 0 Å². The predicted octanol–water partition coefficient (Wildman–Crippen LogP) is 2.40. The number of rotatable bonds is 4. The maximum atomic E-state index is 4.67. The molecule has 2 aliphatic rings. The van der Waals surface area contributed by atoms with Gasteiger partial charge in [0.15, 0.2) is 5.96 Å². The number of aliphatic imine (C=N–C) groups is 1. The Morgan fingerprint density at radius 1 is 1.20 bits per heavy atom.